The van der Waals surface area contributed by atoms with Gasteiger partial charge < -0.3 is 10.4 Å². The first-order valence-electron chi connectivity index (χ1n) is 6.76. The van der Waals surface area contributed by atoms with E-state index in [2.05, 4.69) is 46.4 Å². The second kappa shape index (κ2) is 6.07. The van der Waals surface area contributed by atoms with Crippen LogP contribution in [0, 0.1) is 12.3 Å². The number of anilines is 1. The van der Waals surface area contributed by atoms with E-state index < -0.39 is 0 Å². The second-order valence-electron chi connectivity index (χ2n) is 5.59. The van der Waals surface area contributed by atoms with E-state index in [0.29, 0.717) is 6.61 Å². The number of rotatable bonds is 4. The van der Waals surface area contributed by atoms with E-state index in [1.807, 2.05) is 0 Å². The molecule has 0 unspecified atom stereocenters. The van der Waals surface area contributed by atoms with Crippen LogP contribution in [0.5, 0.6) is 0 Å². The molecule has 1 aliphatic rings. The molecule has 0 amide bonds. The highest BCUT2D eigenvalue weighted by molar-refractivity contribution is 9.10. The molecule has 2 nitrogen and oxygen atoms in total. The minimum Gasteiger partial charge on any atom is -0.396 e. The van der Waals surface area contributed by atoms with Gasteiger partial charge in [0.05, 0.1) is 6.61 Å². The van der Waals surface area contributed by atoms with Crippen LogP contribution in [0.4, 0.5) is 5.69 Å². The molecule has 2 N–H and O–H groups in total. The predicted octanol–water partition coefficient (Wildman–Crippen LogP) is 4.11. The average molecular weight is 312 g/mol. The molecule has 0 heterocycles. The zero-order valence-electron chi connectivity index (χ0n) is 11.0. The number of hydrogen-bond acceptors (Lipinski definition) is 2. The van der Waals surface area contributed by atoms with Gasteiger partial charge >= 0.3 is 0 Å². The van der Waals surface area contributed by atoms with Gasteiger partial charge in [-0.1, -0.05) is 35.2 Å². The minimum atomic E-state index is 0.0917. The fourth-order valence-electron chi connectivity index (χ4n) is 2.82. The lowest BCUT2D eigenvalue weighted by Crippen LogP contribution is -2.35. The van der Waals surface area contributed by atoms with Crippen molar-refractivity contribution in [3.8, 4) is 0 Å². The maximum Gasteiger partial charge on any atom is 0.0504 e. The van der Waals surface area contributed by atoms with Gasteiger partial charge in [-0.25, -0.2) is 0 Å². The number of benzene rings is 1. The van der Waals surface area contributed by atoms with E-state index in [-0.39, 0.29) is 5.41 Å². The number of halogens is 1. The molecule has 18 heavy (non-hydrogen) atoms. The van der Waals surface area contributed by atoms with Gasteiger partial charge in [-0.15, -0.1) is 0 Å². The molecule has 1 aromatic carbocycles. The molecule has 0 aliphatic heterocycles. The molecule has 0 aromatic heterocycles. The molecule has 0 saturated heterocycles. The van der Waals surface area contributed by atoms with Crippen LogP contribution in [0.15, 0.2) is 22.7 Å². The molecular weight excluding hydrogens is 290 g/mol. The standard InChI is InChI=1S/C15H22BrNO/c1-12-7-13(16)9-14(8-12)17-10-15(11-18)5-3-2-4-6-15/h7-9,17-18H,2-6,10-11H2,1H3. The normalized spacial score (nSPS) is 18.6. The first-order valence-corrected chi connectivity index (χ1v) is 7.55. The Balaban J connectivity index is 2.00. The van der Waals surface area contributed by atoms with E-state index in [1.165, 1.54) is 24.8 Å². The lowest BCUT2D eigenvalue weighted by molar-refractivity contribution is 0.0944. The topological polar surface area (TPSA) is 32.3 Å². The van der Waals surface area contributed by atoms with Crippen molar-refractivity contribution < 1.29 is 5.11 Å². The summed E-state index contributed by atoms with van der Waals surface area (Å²) in [5, 5.41) is 13.2. The molecule has 1 aliphatic carbocycles. The molecule has 0 atom stereocenters. The zero-order valence-corrected chi connectivity index (χ0v) is 12.6. The number of aliphatic hydroxyl groups is 1. The summed E-state index contributed by atoms with van der Waals surface area (Å²) >= 11 is 3.52. The van der Waals surface area contributed by atoms with Gasteiger partial charge in [0.1, 0.15) is 0 Å². The van der Waals surface area contributed by atoms with E-state index in [4.69, 9.17) is 0 Å². The van der Waals surface area contributed by atoms with Gasteiger partial charge in [-0.3, -0.25) is 0 Å². The van der Waals surface area contributed by atoms with Gasteiger partial charge in [-0.2, -0.15) is 0 Å². The maximum atomic E-state index is 9.68. The van der Waals surface area contributed by atoms with E-state index in [0.717, 1.165) is 29.5 Å². The molecule has 1 saturated carbocycles. The molecule has 0 spiro atoms. The van der Waals surface area contributed by atoms with Crippen molar-refractivity contribution in [2.75, 3.05) is 18.5 Å². The van der Waals surface area contributed by atoms with Gasteiger partial charge in [0.15, 0.2) is 0 Å². The fraction of sp³-hybridized carbons (Fsp3) is 0.600. The highest BCUT2D eigenvalue weighted by Gasteiger charge is 2.31. The Labute approximate surface area is 118 Å². The molecule has 0 bridgehead atoms. The van der Waals surface area contributed by atoms with Crippen molar-refractivity contribution in [1.29, 1.82) is 0 Å². The van der Waals surface area contributed by atoms with Crippen LogP contribution < -0.4 is 5.32 Å². The van der Waals surface area contributed by atoms with Gasteiger partial charge in [-0.05, 0) is 43.5 Å². The lowest BCUT2D eigenvalue weighted by atomic mass is 9.74. The number of hydrogen-bond donors (Lipinski definition) is 2. The van der Waals surface area contributed by atoms with Crippen molar-refractivity contribution >= 4 is 21.6 Å². The first kappa shape index (κ1) is 13.9. The molecular formula is C15H22BrNO. The van der Waals surface area contributed by atoms with Crippen LogP contribution in [0.1, 0.15) is 37.7 Å². The molecule has 3 heteroatoms. The van der Waals surface area contributed by atoms with Crippen molar-refractivity contribution in [2.24, 2.45) is 5.41 Å². The summed E-state index contributed by atoms with van der Waals surface area (Å²) in [6, 6.07) is 6.35. The van der Waals surface area contributed by atoms with Crippen LogP contribution in [0.25, 0.3) is 0 Å². The lowest BCUT2D eigenvalue weighted by Gasteiger charge is -2.36. The largest absolute Gasteiger partial charge is 0.396 e. The number of nitrogens with one attached hydrogen (secondary N) is 1. The quantitative estimate of drug-likeness (QED) is 0.877. The molecule has 100 valence electrons. The summed E-state index contributed by atoms with van der Waals surface area (Å²) in [4.78, 5) is 0. The van der Waals surface area contributed by atoms with Crippen LogP contribution in [0.3, 0.4) is 0 Å². The van der Waals surface area contributed by atoms with Gasteiger partial charge in [0.25, 0.3) is 0 Å². The monoisotopic (exact) mass is 311 g/mol. The minimum absolute atomic E-state index is 0.0917. The number of aryl methyl sites for hydroxylation is 1. The summed E-state index contributed by atoms with van der Waals surface area (Å²) in [5.74, 6) is 0. The third-order valence-corrected chi connectivity index (χ3v) is 4.42. The molecule has 0 radical (unpaired) electrons. The SMILES string of the molecule is Cc1cc(Br)cc(NCC2(CO)CCCCC2)c1. The third kappa shape index (κ3) is 3.48. The Hall–Kier alpha value is -0.540. The predicted molar refractivity (Wildman–Crippen MR) is 80.0 cm³/mol. The number of aliphatic hydroxyl groups excluding tert-OH is 1. The van der Waals surface area contributed by atoms with Crippen molar-refractivity contribution in [1.82, 2.24) is 0 Å². The Kier molecular flexibility index (Phi) is 4.68. The van der Waals surface area contributed by atoms with E-state index in [9.17, 15) is 5.11 Å². The van der Waals surface area contributed by atoms with Crippen molar-refractivity contribution in [2.45, 2.75) is 39.0 Å². The third-order valence-electron chi connectivity index (χ3n) is 3.96. The zero-order chi connectivity index (χ0) is 13.0. The van der Waals surface area contributed by atoms with E-state index in [1.54, 1.807) is 0 Å². The summed E-state index contributed by atoms with van der Waals surface area (Å²) in [5.41, 5.74) is 2.47. The Morgan fingerprint density at radius 2 is 1.94 bits per heavy atom. The fourth-order valence-corrected chi connectivity index (χ4v) is 3.43. The Morgan fingerprint density at radius 1 is 1.22 bits per heavy atom. The molecule has 1 aromatic rings. The molecule has 2 rings (SSSR count). The smallest absolute Gasteiger partial charge is 0.0504 e. The van der Waals surface area contributed by atoms with Crippen LogP contribution in [-0.2, 0) is 0 Å². The Morgan fingerprint density at radius 3 is 2.56 bits per heavy atom. The van der Waals surface area contributed by atoms with Gasteiger partial charge in [0.2, 0.25) is 0 Å². The average Bonchev–Trinajstić information content (AvgIpc) is 2.36. The highest BCUT2D eigenvalue weighted by Crippen LogP contribution is 2.36. The van der Waals surface area contributed by atoms with Crippen molar-refractivity contribution in [3.05, 3.63) is 28.2 Å². The summed E-state index contributed by atoms with van der Waals surface area (Å²) in [6.07, 6.45) is 6.10. The second-order valence-corrected chi connectivity index (χ2v) is 6.51. The van der Waals surface area contributed by atoms with Gasteiger partial charge in [0, 0.05) is 22.1 Å². The molecule has 1 fully saturated rings. The van der Waals surface area contributed by atoms with Crippen molar-refractivity contribution in [3.63, 3.8) is 0 Å². The van der Waals surface area contributed by atoms with E-state index >= 15 is 0 Å². The first-order chi connectivity index (χ1) is 8.63. The van der Waals surface area contributed by atoms with Crippen LogP contribution in [0.2, 0.25) is 0 Å². The van der Waals surface area contributed by atoms with Crippen LogP contribution in [-0.4, -0.2) is 18.3 Å². The maximum absolute atomic E-state index is 9.68. The Bertz CT molecular complexity index is 379. The highest BCUT2D eigenvalue weighted by atomic mass is 79.9. The van der Waals surface area contributed by atoms with Crippen LogP contribution >= 0.6 is 15.9 Å². The summed E-state index contributed by atoms with van der Waals surface area (Å²) in [7, 11) is 0. The summed E-state index contributed by atoms with van der Waals surface area (Å²) < 4.78 is 1.10. The summed E-state index contributed by atoms with van der Waals surface area (Å²) in [6.45, 7) is 3.27.